The predicted octanol–water partition coefficient (Wildman–Crippen LogP) is 1.58. The van der Waals surface area contributed by atoms with Gasteiger partial charge >= 0.3 is 17.9 Å². The molecule has 82 heavy (non-hydrogen) atoms. The highest BCUT2D eigenvalue weighted by Gasteiger charge is 2.35. The van der Waals surface area contributed by atoms with Crippen LogP contribution in [-0.4, -0.2) is 164 Å². The molecule has 1 aliphatic rings. The monoisotopic (exact) mass is 1160 g/mol. The van der Waals surface area contributed by atoms with Gasteiger partial charge in [-0.15, -0.1) is 5.06 Å². The molecule has 2 aromatic carbocycles. The van der Waals surface area contributed by atoms with E-state index in [4.69, 9.17) is 20.2 Å². The lowest BCUT2D eigenvalue weighted by atomic mass is 9.84. The number of carbonyl (C=O) groups excluding carboxylic acids is 9. The van der Waals surface area contributed by atoms with E-state index < -0.39 is 138 Å². The Morgan fingerprint density at radius 2 is 1.35 bits per heavy atom. The summed E-state index contributed by atoms with van der Waals surface area (Å²) in [6, 6.07) is 7.33. The number of benzene rings is 2. The first-order valence-electron chi connectivity index (χ1n) is 26.5. The number of aliphatic hydroxyl groups excluding tert-OH is 2. The van der Waals surface area contributed by atoms with Crippen molar-refractivity contribution >= 4 is 65.2 Å². The number of hydrogen-bond acceptors (Lipinski definition) is 15. The third kappa shape index (κ3) is 22.1. The third-order valence-corrected chi connectivity index (χ3v) is 12.8. The van der Waals surface area contributed by atoms with E-state index in [0.717, 1.165) is 28.7 Å². The average molecular weight is 1160 g/mol. The highest BCUT2D eigenvalue weighted by molar-refractivity contribution is 6.01. The SMILES string of the molecule is C[C@H](NC(=O)[C@H](C)N(C)C(=O)[C@H](C)NC(=O)CCCC(=O)ON1C(=O)CCC1=O)C(=O)N[C@@H](CCN[C@@H](c1cc(-c2cc(F)ccc2F)cn1Cc1ccccc1)C(C)(C)C)C(=O)NCCC(=O)N[C@H](CCC(=O)O)C(=O)O.OCCO. The molecule has 27 heteroatoms. The van der Waals surface area contributed by atoms with Gasteiger partial charge in [0.1, 0.15) is 41.8 Å². The van der Waals surface area contributed by atoms with Crippen LogP contribution in [0.2, 0.25) is 0 Å². The molecule has 25 nitrogen and oxygen atoms in total. The first kappa shape index (κ1) is 68.1. The van der Waals surface area contributed by atoms with Crippen LogP contribution in [0.3, 0.4) is 0 Å². The molecule has 1 aromatic heterocycles. The fraction of sp³-hybridized carbons (Fsp3) is 0.509. The van der Waals surface area contributed by atoms with Crippen LogP contribution in [0.5, 0.6) is 0 Å². The zero-order valence-electron chi connectivity index (χ0n) is 46.9. The van der Waals surface area contributed by atoms with Crippen molar-refractivity contribution in [1.29, 1.82) is 0 Å². The van der Waals surface area contributed by atoms with Crippen molar-refractivity contribution in [2.24, 2.45) is 5.41 Å². The Morgan fingerprint density at radius 1 is 0.720 bits per heavy atom. The molecule has 3 aromatic rings. The number of aliphatic carboxylic acids is 2. The molecule has 1 fully saturated rings. The summed E-state index contributed by atoms with van der Waals surface area (Å²) >= 11 is 0. The minimum Gasteiger partial charge on any atom is -0.481 e. The standard InChI is InChI=1S/C53H69F2N9O14.C2H6O2/c1-30(59-49(73)32(3)62(7)51(75)31(2)58-41(65)14-11-15-46(71)78-64-43(67)19-20-44(64)68)48(72)61-38(50(74)57-25-23-42(66)60-39(52(76)77)18-21-45(69)70)22-24-56-47(53(4,5)6)40-26-34(36-27-35(54)16-17-37(36)55)29-63(40)28-33-12-9-8-10-13-33;3-1-2-4/h8-10,12-13,16-17,26-27,29-32,38-39,47,56H,11,14-15,18-25,28H2,1-7H3,(H,57,74)(H,58,65)(H,59,73)(H,60,66)(H,61,72)(H,69,70)(H,76,77);3-4H,1-2H2/t30-,31-,32-,38-,39+,47-;/m0./s1. The molecule has 0 aliphatic carbocycles. The predicted molar refractivity (Wildman–Crippen MR) is 289 cm³/mol. The number of carboxylic acid groups (broad SMARTS) is 2. The first-order valence-corrected chi connectivity index (χ1v) is 26.5. The zero-order valence-corrected chi connectivity index (χ0v) is 46.9. The molecular formula is C55H75F2N9O16. The number of amides is 8. The van der Waals surface area contributed by atoms with Gasteiger partial charge in [-0.1, -0.05) is 51.1 Å². The largest absolute Gasteiger partial charge is 0.481 e. The second kappa shape index (κ2) is 32.9. The number of likely N-dealkylation sites (N-methyl/N-ethyl adjacent to an activating group) is 1. The first-order chi connectivity index (χ1) is 38.6. The van der Waals surface area contributed by atoms with Crippen molar-refractivity contribution in [2.75, 3.05) is 33.4 Å². The summed E-state index contributed by atoms with van der Waals surface area (Å²) in [6.07, 6.45) is -0.455. The van der Waals surface area contributed by atoms with Crippen LogP contribution < -0.4 is 31.9 Å². The van der Waals surface area contributed by atoms with Gasteiger partial charge in [0.25, 0.3) is 11.8 Å². The molecule has 0 bridgehead atoms. The number of aliphatic hydroxyl groups is 2. The van der Waals surface area contributed by atoms with Crippen molar-refractivity contribution in [1.82, 2.24) is 46.4 Å². The molecule has 1 aliphatic heterocycles. The third-order valence-electron chi connectivity index (χ3n) is 12.8. The second-order valence-corrected chi connectivity index (χ2v) is 20.4. The van der Waals surface area contributed by atoms with Crippen molar-refractivity contribution in [2.45, 2.75) is 142 Å². The molecule has 0 spiro atoms. The zero-order chi connectivity index (χ0) is 61.4. The summed E-state index contributed by atoms with van der Waals surface area (Å²) in [5.74, 6) is -10.7. The maximum absolute atomic E-state index is 15.2. The Kier molecular flexibility index (Phi) is 27.3. The Morgan fingerprint density at radius 3 is 1.95 bits per heavy atom. The van der Waals surface area contributed by atoms with E-state index in [0.29, 0.717) is 22.9 Å². The summed E-state index contributed by atoms with van der Waals surface area (Å²) in [5, 5.41) is 50.0. The molecule has 450 valence electrons. The molecule has 2 heterocycles. The fourth-order valence-electron chi connectivity index (χ4n) is 8.21. The summed E-state index contributed by atoms with van der Waals surface area (Å²) < 4.78 is 31.6. The molecule has 1 saturated heterocycles. The van der Waals surface area contributed by atoms with Gasteiger partial charge < -0.3 is 66.6 Å². The van der Waals surface area contributed by atoms with Gasteiger partial charge in [-0.25, -0.2) is 18.4 Å². The fourth-order valence-corrected chi connectivity index (χ4v) is 8.21. The number of rotatable bonds is 30. The number of nitrogens with one attached hydrogen (secondary N) is 6. The molecule has 4 rings (SSSR count). The number of imide groups is 1. The molecule has 6 atom stereocenters. The van der Waals surface area contributed by atoms with Gasteiger partial charge in [0.2, 0.25) is 35.4 Å². The Labute approximate surface area is 472 Å². The maximum Gasteiger partial charge on any atom is 0.333 e. The van der Waals surface area contributed by atoms with Gasteiger partial charge in [0, 0.05) is 81.7 Å². The van der Waals surface area contributed by atoms with Gasteiger partial charge in [-0.05, 0) is 81.8 Å². The average Bonchev–Trinajstić information content (AvgIpc) is 4.13. The van der Waals surface area contributed by atoms with Crippen LogP contribution in [0.1, 0.15) is 117 Å². The van der Waals surface area contributed by atoms with E-state index in [1.54, 1.807) is 12.3 Å². The Hall–Kier alpha value is -8.17. The van der Waals surface area contributed by atoms with Crippen LogP contribution in [0.4, 0.5) is 8.78 Å². The number of halogens is 2. The number of carbonyl (C=O) groups is 11. The molecule has 8 amide bonds. The van der Waals surface area contributed by atoms with Gasteiger partial charge in [-0.2, -0.15) is 0 Å². The lowest BCUT2D eigenvalue weighted by Crippen LogP contribution is -2.57. The summed E-state index contributed by atoms with van der Waals surface area (Å²) in [7, 11) is 1.30. The van der Waals surface area contributed by atoms with Crippen molar-refractivity contribution in [3.8, 4) is 11.1 Å². The molecule has 0 radical (unpaired) electrons. The van der Waals surface area contributed by atoms with Crippen LogP contribution in [0.15, 0.2) is 60.8 Å². The van der Waals surface area contributed by atoms with Gasteiger partial charge in [-0.3, -0.25) is 43.2 Å². The van der Waals surface area contributed by atoms with Crippen molar-refractivity contribution in [3.63, 3.8) is 0 Å². The highest BCUT2D eigenvalue weighted by atomic mass is 19.1. The number of nitrogens with zero attached hydrogens (tertiary/aromatic N) is 3. The van der Waals surface area contributed by atoms with E-state index in [9.17, 15) is 62.2 Å². The normalized spacial score (nSPS) is 14.4. The van der Waals surface area contributed by atoms with Crippen LogP contribution >= 0.6 is 0 Å². The summed E-state index contributed by atoms with van der Waals surface area (Å²) in [4.78, 5) is 144. The number of aromatic nitrogens is 1. The minimum absolute atomic E-state index is 0.0379. The number of hydroxylamine groups is 2. The van der Waals surface area contributed by atoms with Crippen LogP contribution in [0, 0.1) is 17.0 Å². The molecule has 10 N–H and O–H groups in total. The van der Waals surface area contributed by atoms with Gasteiger partial charge in [0.15, 0.2) is 0 Å². The summed E-state index contributed by atoms with van der Waals surface area (Å²) in [6.45, 7) is 9.73. The van der Waals surface area contributed by atoms with Crippen molar-refractivity contribution < 1.29 is 86.8 Å². The highest BCUT2D eigenvalue weighted by Crippen LogP contribution is 2.37. The Bertz CT molecular complexity index is 2720. The van der Waals surface area contributed by atoms with E-state index in [2.05, 4.69) is 31.9 Å². The van der Waals surface area contributed by atoms with E-state index in [1.807, 2.05) is 55.7 Å². The number of carboxylic acids is 2. The summed E-state index contributed by atoms with van der Waals surface area (Å²) in [5.41, 5.74) is 1.48. The van der Waals surface area contributed by atoms with E-state index in [-0.39, 0.29) is 70.4 Å². The Balaban J connectivity index is 0.00000426. The topological polar surface area (TPSA) is 362 Å². The van der Waals surface area contributed by atoms with Gasteiger partial charge in [0.05, 0.1) is 19.3 Å². The lowest BCUT2D eigenvalue weighted by Gasteiger charge is -2.33. The second-order valence-electron chi connectivity index (χ2n) is 20.4. The molecule has 0 unspecified atom stereocenters. The van der Waals surface area contributed by atoms with E-state index in [1.165, 1.54) is 27.8 Å². The quantitative estimate of drug-likeness (QED) is 0.0424. The maximum atomic E-state index is 15.2. The molecule has 0 saturated carbocycles. The van der Waals surface area contributed by atoms with E-state index >= 15 is 4.39 Å². The lowest BCUT2D eigenvalue weighted by molar-refractivity contribution is -0.197. The van der Waals surface area contributed by atoms with Crippen molar-refractivity contribution in [3.05, 3.63) is 83.7 Å². The van der Waals surface area contributed by atoms with Crippen LogP contribution in [0.25, 0.3) is 11.1 Å². The smallest absolute Gasteiger partial charge is 0.333 e. The minimum atomic E-state index is -1.51. The number of hydrogen-bond donors (Lipinski definition) is 10. The van der Waals surface area contributed by atoms with Crippen LogP contribution in [-0.2, 0) is 64.1 Å². The molecular weight excluding hydrogens is 1080 g/mol.